The zero-order chi connectivity index (χ0) is 29.5. The Balaban J connectivity index is 1.31. The van der Waals surface area contributed by atoms with Gasteiger partial charge in [0.15, 0.2) is 5.82 Å². The van der Waals surface area contributed by atoms with E-state index in [-0.39, 0.29) is 0 Å². The molecule has 4 nitrogen and oxygen atoms in total. The third kappa shape index (κ3) is 3.53. The molecule has 0 spiro atoms. The van der Waals surface area contributed by atoms with Crippen LogP contribution in [-0.4, -0.2) is 14.5 Å². The molecule has 0 unspecified atom stereocenters. The maximum absolute atomic E-state index is 6.31. The van der Waals surface area contributed by atoms with Crippen molar-refractivity contribution < 1.29 is 4.42 Å². The van der Waals surface area contributed by atoms with Crippen LogP contribution in [0.5, 0.6) is 0 Å². The van der Waals surface area contributed by atoms with Crippen molar-refractivity contribution in [1.82, 2.24) is 14.5 Å². The SMILES string of the molecule is c1ccc(-c2nc(-c3ccccc3-n3c4ccccc4c4c5c(ccc43)oc3ccccc35)nc3sc4ccccc4c23)cc1. The lowest BCUT2D eigenvalue weighted by molar-refractivity contribution is 0.669. The van der Waals surface area contributed by atoms with Crippen molar-refractivity contribution in [2.45, 2.75) is 0 Å². The molecule has 0 fully saturated rings. The Morgan fingerprint density at radius 2 is 1.24 bits per heavy atom. The Hall–Kier alpha value is -5.78. The fourth-order valence-electron chi connectivity index (χ4n) is 6.94. The number of rotatable bonds is 3. The second-order valence-corrected chi connectivity index (χ2v) is 12.4. The molecule has 0 aliphatic heterocycles. The summed E-state index contributed by atoms with van der Waals surface area (Å²) in [6, 6.07) is 48.7. The standard InChI is InChI=1S/C40H23N3OS/c1-2-12-24(13-3-1)38-37-28-17-7-11-21-34(28)45-40(37)42-39(41-38)26-15-5-9-19-30(26)43-29-18-8-4-14-25(29)35-31(43)22-23-33-36(35)27-16-6-10-20-32(27)44-33/h1-23H. The highest BCUT2D eigenvalue weighted by Crippen LogP contribution is 2.43. The van der Waals surface area contributed by atoms with Crippen LogP contribution in [0.15, 0.2) is 144 Å². The van der Waals surface area contributed by atoms with Gasteiger partial charge < -0.3 is 8.98 Å². The number of thiophene rings is 1. The highest BCUT2D eigenvalue weighted by Gasteiger charge is 2.22. The molecule has 0 amide bonds. The average molecular weight is 594 g/mol. The Bertz CT molecular complexity index is 2770. The van der Waals surface area contributed by atoms with Gasteiger partial charge in [0, 0.05) is 48.1 Å². The molecule has 10 rings (SSSR count). The van der Waals surface area contributed by atoms with E-state index in [1.54, 1.807) is 11.3 Å². The minimum absolute atomic E-state index is 0.712. The summed E-state index contributed by atoms with van der Waals surface area (Å²) in [5.41, 5.74) is 8.10. The van der Waals surface area contributed by atoms with Crippen molar-refractivity contribution in [3.05, 3.63) is 140 Å². The van der Waals surface area contributed by atoms with Crippen molar-refractivity contribution in [1.29, 1.82) is 0 Å². The summed E-state index contributed by atoms with van der Waals surface area (Å²) in [6.07, 6.45) is 0. The minimum atomic E-state index is 0.712. The largest absolute Gasteiger partial charge is 0.456 e. The van der Waals surface area contributed by atoms with Crippen molar-refractivity contribution in [2.24, 2.45) is 0 Å². The molecular weight excluding hydrogens is 571 g/mol. The van der Waals surface area contributed by atoms with Gasteiger partial charge in [-0.15, -0.1) is 11.3 Å². The Morgan fingerprint density at radius 1 is 0.511 bits per heavy atom. The molecule has 0 saturated carbocycles. The van der Waals surface area contributed by atoms with E-state index in [4.69, 9.17) is 14.4 Å². The van der Waals surface area contributed by atoms with Crippen LogP contribution in [0, 0.1) is 0 Å². The van der Waals surface area contributed by atoms with E-state index in [9.17, 15) is 0 Å². The van der Waals surface area contributed by atoms with Crippen molar-refractivity contribution in [2.75, 3.05) is 0 Å². The van der Waals surface area contributed by atoms with Gasteiger partial charge in [0.25, 0.3) is 0 Å². The lowest BCUT2D eigenvalue weighted by Gasteiger charge is -2.14. The van der Waals surface area contributed by atoms with Crippen LogP contribution in [0.4, 0.5) is 0 Å². The zero-order valence-corrected chi connectivity index (χ0v) is 24.8. The minimum Gasteiger partial charge on any atom is -0.456 e. The molecule has 45 heavy (non-hydrogen) atoms. The van der Waals surface area contributed by atoms with E-state index in [1.807, 2.05) is 18.2 Å². The third-order valence-corrected chi connectivity index (χ3v) is 9.91. The highest BCUT2D eigenvalue weighted by atomic mass is 32.1. The van der Waals surface area contributed by atoms with Crippen molar-refractivity contribution in [3.63, 3.8) is 0 Å². The maximum Gasteiger partial charge on any atom is 0.163 e. The summed E-state index contributed by atoms with van der Waals surface area (Å²) in [5, 5.41) is 6.94. The van der Waals surface area contributed by atoms with Gasteiger partial charge in [-0.1, -0.05) is 97.1 Å². The second kappa shape index (κ2) is 9.36. The molecule has 0 N–H and O–H groups in total. The zero-order valence-electron chi connectivity index (χ0n) is 23.9. The fraction of sp³-hybridized carbons (Fsp3) is 0. The van der Waals surface area contributed by atoms with E-state index >= 15 is 0 Å². The molecule has 0 aliphatic rings. The molecule has 210 valence electrons. The van der Waals surface area contributed by atoms with Gasteiger partial charge >= 0.3 is 0 Å². The first-order chi connectivity index (χ1) is 22.3. The fourth-order valence-corrected chi connectivity index (χ4v) is 8.02. The number of nitrogens with zero attached hydrogens (tertiary/aromatic N) is 3. The summed E-state index contributed by atoms with van der Waals surface area (Å²) in [7, 11) is 0. The number of aromatic nitrogens is 3. The van der Waals surface area contributed by atoms with Crippen molar-refractivity contribution >= 4 is 75.4 Å². The summed E-state index contributed by atoms with van der Waals surface area (Å²) in [5.74, 6) is 0.712. The molecule has 0 radical (unpaired) electrons. The van der Waals surface area contributed by atoms with Gasteiger partial charge in [0.2, 0.25) is 0 Å². The van der Waals surface area contributed by atoms with Crippen LogP contribution < -0.4 is 0 Å². The molecule has 4 heterocycles. The topological polar surface area (TPSA) is 43.9 Å². The number of para-hydroxylation sites is 3. The van der Waals surface area contributed by atoms with Crippen molar-refractivity contribution in [3.8, 4) is 28.3 Å². The predicted molar refractivity (Wildman–Crippen MR) is 187 cm³/mol. The predicted octanol–water partition coefficient (Wildman–Crippen LogP) is 11.2. The molecule has 0 bridgehead atoms. The smallest absolute Gasteiger partial charge is 0.163 e. The Labute approximate surface area is 261 Å². The molecule has 0 atom stereocenters. The van der Waals surface area contributed by atoms with Gasteiger partial charge in [-0.25, -0.2) is 9.97 Å². The summed E-state index contributed by atoms with van der Waals surface area (Å²) in [4.78, 5) is 11.6. The molecule has 4 aromatic heterocycles. The van der Waals surface area contributed by atoms with E-state index in [0.29, 0.717) is 5.82 Å². The first kappa shape index (κ1) is 24.6. The van der Waals surface area contributed by atoms with Crippen LogP contribution >= 0.6 is 11.3 Å². The molecule has 0 aliphatic carbocycles. The van der Waals surface area contributed by atoms with E-state index in [0.717, 1.165) is 65.7 Å². The molecule has 10 aromatic rings. The summed E-state index contributed by atoms with van der Waals surface area (Å²) in [6.45, 7) is 0. The normalized spacial score (nSPS) is 12.0. The van der Waals surface area contributed by atoms with Crippen LogP contribution in [-0.2, 0) is 0 Å². The quantitative estimate of drug-likeness (QED) is 0.205. The van der Waals surface area contributed by atoms with Gasteiger partial charge in [0.05, 0.1) is 22.4 Å². The number of hydrogen-bond donors (Lipinski definition) is 0. The average Bonchev–Trinajstić information content (AvgIpc) is 3.77. The number of fused-ring (bicyclic) bond motifs is 10. The third-order valence-electron chi connectivity index (χ3n) is 8.85. The van der Waals surface area contributed by atoms with Gasteiger partial charge in [-0.05, 0) is 42.5 Å². The first-order valence-electron chi connectivity index (χ1n) is 15.0. The second-order valence-electron chi connectivity index (χ2n) is 11.3. The van der Waals surface area contributed by atoms with E-state index < -0.39 is 0 Å². The Kier molecular flexibility index (Phi) is 5.12. The van der Waals surface area contributed by atoms with E-state index in [1.165, 1.54) is 20.9 Å². The van der Waals surface area contributed by atoms with E-state index in [2.05, 4.69) is 126 Å². The lowest BCUT2D eigenvalue weighted by atomic mass is 10.1. The summed E-state index contributed by atoms with van der Waals surface area (Å²) < 4.78 is 9.88. The number of hydrogen-bond acceptors (Lipinski definition) is 4. The lowest BCUT2D eigenvalue weighted by Crippen LogP contribution is -2.00. The van der Waals surface area contributed by atoms with Crippen LogP contribution in [0.1, 0.15) is 0 Å². The van der Waals surface area contributed by atoms with Crippen LogP contribution in [0.2, 0.25) is 0 Å². The molecule has 5 heteroatoms. The number of benzene rings is 6. The Morgan fingerprint density at radius 3 is 2.16 bits per heavy atom. The molecular formula is C40H23N3OS. The van der Waals surface area contributed by atoms with Crippen LogP contribution in [0.3, 0.4) is 0 Å². The first-order valence-corrected chi connectivity index (χ1v) is 15.8. The molecule has 6 aromatic carbocycles. The highest BCUT2D eigenvalue weighted by molar-refractivity contribution is 7.25. The van der Waals surface area contributed by atoms with Crippen LogP contribution in [0.25, 0.3) is 92.4 Å². The molecule has 0 saturated heterocycles. The number of furan rings is 1. The summed E-state index contributed by atoms with van der Waals surface area (Å²) >= 11 is 1.72. The van der Waals surface area contributed by atoms with Gasteiger partial charge in [-0.3, -0.25) is 0 Å². The van der Waals surface area contributed by atoms with Gasteiger partial charge in [0.1, 0.15) is 16.0 Å². The van der Waals surface area contributed by atoms with Gasteiger partial charge in [-0.2, -0.15) is 0 Å². The maximum atomic E-state index is 6.31. The monoisotopic (exact) mass is 593 g/mol.